The molecule has 0 spiro atoms. The summed E-state index contributed by atoms with van der Waals surface area (Å²) in [5, 5.41) is 3.27. The minimum absolute atomic E-state index is 0.0998. The summed E-state index contributed by atoms with van der Waals surface area (Å²) in [6.07, 6.45) is 6.75. The first-order chi connectivity index (χ1) is 9.78. The van der Waals surface area contributed by atoms with E-state index in [4.69, 9.17) is 4.74 Å². The van der Waals surface area contributed by atoms with E-state index in [2.05, 4.69) is 10.3 Å². The van der Waals surface area contributed by atoms with Crippen LogP contribution in [0.15, 0.2) is 24.5 Å². The van der Waals surface area contributed by atoms with Crippen molar-refractivity contribution in [1.82, 2.24) is 15.2 Å². The second-order valence-electron chi connectivity index (χ2n) is 5.61. The van der Waals surface area contributed by atoms with Gasteiger partial charge in [0.15, 0.2) is 0 Å². The molecule has 0 aromatic carbocycles. The van der Waals surface area contributed by atoms with Gasteiger partial charge in [-0.25, -0.2) is 0 Å². The van der Waals surface area contributed by atoms with Crippen LogP contribution in [0.25, 0.3) is 0 Å². The van der Waals surface area contributed by atoms with Gasteiger partial charge < -0.3 is 15.0 Å². The topological polar surface area (TPSA) is 54.5 Å². The molecule has 1 aromatic rings. The normalized spacial score (nSPS) is 25.6. The smallest absolute Gasteiger partial charge is 0.240 e. The zero-order valence-corrected chi connectivity index (χ0v) is 11.8. The van der Waals surface area contributed by atoms with Gasteiger partial charge in [-0.3, -0.25) is 9.78 Å². The monoisotopic (exact) mass is 275 g/mol. The Kier molecular flexibility index (Phi) is 3.98. The number of amides is 1. The maximum Gasteiger partial charge on any atom is 0.240 e. The molecule has 20 heavy (non-hydrogen) atoms. The number of nitrogens with one attached hydrogen (secondary N) is 1. The number of rotatable bonds is 5. The number of carbonyl (C=O) groups excluding carboxylic acids is 1. The highest BCUT2D eigenvalue weighted by molar-refractivity contribution is 5.83. The number of carbonyl (C=O) groups is 1. The molecule has 2 fully saturated rings. The van der Waals surface area contributed by atoms with E-state index in [1.165, 1.54) is 0 Å². The first-order valence-electron chi connectivity index (χ1n) is 7.23. The van der Waals surface area contributed by atoms with Gasteiger partial charge in [0.25, 0.3) is 0 Å². The Morgan fingerprint density at radius 2 is 2.40 bits per heavy atom. The van der Waals surface area contributed by atoms with Crippen LogP contribution in [0, 0.1) is 0 Å². The molecule has 1 aliphatic carbocycles. The summed E-state index contributed by atoms with van der Waals surface area (Å²) in [7, 11) is 1.70. The number of hydrogen-bond donors (Lipinski definition) is 1. The van der Waals surface area contributed by atoms with Gasteiger partial charge in [0.2, 0.25) is 5.91 Å². The highest BCUT2D eigenvalue weighted by Gasteiger charge is 2.38. The molecule has 2 atom stereocenters. The van der Waals surface area contributed by atoms with Gasteiger partial charge in [-0.1, -0.05) is 6.07 Å². The van der Waals surface area contributed by atoms with Crippen LogP contribution in [-0.2, 0) is 16.1 Å². The molecule has 5 nitrogen and oxygen atoms in total. The van der Waals surface area contributed by atoms with Crippen molar-refractivity contribution in [2.24, 2.45) is 0 Å². The molecule has 5 heteroatoms. The maximum atomic E-state index is 12.7. The number of aromatic nitrogens is 1. The lowest BCUT2D eigenvalue weighted by molar-refractivity contribution is -0.134. The molecular formula is C15H21N3O2. The number of pyridine rings is 1. The third-order valence-corrected chi connectivity index (χ3v) is 4.07. The number of nitrogens with zero attached hydrogens (tertiary/aromatic N) is 2. The molecule has 2 heterocycles. The lowest BCUT2D eigenvalue weighted by atomic mass is 10.1. The molecule has 1 aromatic heterocycles. The molecule has 2 aliphatic rings. The number of ether oxygens (including phenoxy) is 1. The molecule has 1 amide bonds. The summed E-state index contributed by atoms with van der Waals surface area (Å²) in [6, 6.07) is 4.25. The lowest BCUT2D eigenvalue weighted by Gasteiger charge is -2.25. The fraction of sp³-hybridized carbons (Fsp3) is 0.600. The second-order valence-corrected chi connectivity index (χ2v) is 5.61. The van der Waals surface area contributed by atoms with Crippen molar-refractivity contribution >= 4 is 5.91 Å². The molecule has 1 aliphatic heterocycles. The Morgan fingerprint density at radius 3 is 3.00 bits per heavy atom. The van der Waals surface area contributed by atoms with Crippen LogP contribution >= 0.6 is 0 Å². The van der Waals surface area contributed by atoms with Crippen LogP contribution in [0.3, 0.4) is 0 Å². The van der Waals surface area contributed by atoms with E-state index in [0.29, 0.717) is 12.6 Å². The summed E-state index contributed by atoms with van der Waals surface area (Å²) in [4.78, 5) is 18.8. The minimum atomic E-state index is -0.0998. The Balaban J connectivity index is 1.66. The van der Waals surface area contributed by atoms with Crippen molar-refractivity contribution in [2.45, 2.75) is 44.0 Å². The van der Waals surface area contributed by atoms with Crippen LogP contribution < -0.4 is 5.32 Å². The Bertz CT molecular complexity index is 461. The first-order valence-corrected chi connectivity index (χ1v) is 7.23. The zero-order valence-electron chi connectivity index (χ0n) is 11.8. The van der Waals surface area contributed by atoms with E-state index in [1.807, 2.05) is 23.2 Å². The molecule has 1 saturated heterocycles. The molecule has 1 saturated carbocycles. The molecule has 3 rings (SSSR count). The Morgan fingerprint density at radius 1 is 1.55 bits per heavy atom. The van der Waals surface area contributed by atoms with Crippen molar-refractivity contribution < 1.29 is 9.53 Å². The van der Waals surface area contributed by atoms with E-state index in [-0.39, 0.29) is 18.1 Å². The maximum absolute atomic E-state index is 12.7. The van der Waals surface area contributed by atoms with E-state index >= 15 is 0 Å². The van der Waals surface area contributed by atoms with Gasteiger partial charge in [-0.2, -0.15) is 0 Å². The van der Waals surface area contributed by atoms with Crippen LogP contribution in [0.1, 0.15) is 24.8 Å². The predicted molar refractivity (Wildman–Crippen MR) is 75.0 cm³/mol. The largest absolute Gasteiger partial charge is 0.380 e. The average Bonchev–Trinajstić information content (AvgIpc) is 3.21. The lowest BCUT2D eigenvalue weighted by Crippen LogP contribution is -2.44. The molecular weight excluding hydrogens is 254 g/mol. The fourth-order valence-electron chi connectivity index (χ4n) is 2.73. The minimum Gasteiger partial charge on any atom is -0.380 e. The van der Waals surface area contributed by atoms with Crippen molar-refractivity contribution in [3.05, 3.63) is 30.1 Å². The molecule has 0 bridgehead atoms. The van der Waals surface area contributed by atoms with E-state index in [0.717, 1.165) is 31.4 Å². The summed E-state index contributed by atoms with van der Waals surface area (Å²) in [5.74, 6) is 0.205. The van der Waals surface area contributed by atoms with Crippen molar-refractivity contribution in [3.63, 3.8) is 0 Å². The van der Waals surface area contributed by atoms with Crippen molar-refractivity contribution in [3.8, 4) is 0 Å². The third kappa shape index (κ3) is 2.99. The van der Waals surface area contributed by atoms with Crippen LogP contribution in [0.2, 0.25) is 0 Å². The molecule has 0 radical (unpaired) electrons. The van der Waals surface area contributed by atoms with Gasteiger partial charge >= 0.3 is 0 Å². The SMILES string of the molecule is COC1CNC(C(=O)N(Cc2cccnc2)C2CC2)C1. The molecule has 2 unspecified atom stereocenters. The standard InChI is InChI=1S/C15H21N3O2/c1-20-13-7-14(17-9-13)15(19)18(12-4-5-12)10-11-3-2-6-16-8-11/h2-3,6,8,12-14,17H,4-5,7,9-10H2,1H3. The fourth-order valence-corrected chi connectivity index (χ4v) is 2.73. The Labute approximate surface area is 119 Å². The zero-order chi connectivity index (χ0) is 13.9. The Hall–Kier alpha value is -1.46. The second kappa shape index (κ2) is 5.89. The number of methoxy groups -OCH3 is 1. The summed E-state index contributed by atoms with van der Waals surface area (Å²) in [6.45, 7) is 1.42. The highest BCUT2D eigenvalue weighted by Crippen LogP contribution is 2.29. The quantitative estimate of drug-likeness (QED) is 0.869. The van der Waals surface area contributed by atoms with Crippen LogP contribution in [0.5, 0.6) is 0 Å². The summed E-state index contributed by atoms with van der Waals surface area (Å²) >= 11 is 0. The average molecular weight is 275 g/mol. The van der Waals surface area contributed by atoms with Gasteiger partial charge in [0, 0.05) is 38.6 Å². The van der Waals surface area contributed by atoms with Crippen molar-refractivity contribution in [1.29, 1.82) is 0 Å². The van der Waals surface area contributed by atoms with Gasteiger partial charge in [0.05, 0.1) is 12.1 Å². The third-order valence-electron chi connectivity index (χ3n) is 4.07. The van der Waals surface area contributed by atoms with E-state index < -0.39 is 0 Å². The summed E-state index contributed by atoms with van der Waals surface area (Å²) in [5.41, 5.74) is 1.09. The highest BCUT2D eigenvalue weighted by atomic mass is 16.5. The predicted octanol–water partition coefficient (Wildman–Crippen LogP) is 0.949. The van der Waals surface area contributed by atoms with E-state index in [9.17, 15) is 4.79 Å². The van der Waals surface area contributed by atoms with Gasteiger partial charge in [-0.15, -0.1) is 0 Å². The molecule has 1 N–H and O–H groups in total. The van der Waals surface area contributed by atoms with Crippen LogP contribution in [-0.4, -0.2) is 47.6 Å². The number of hydrogen-bond acceptors (Lipinski definition) is 4. The van der Waals surface area contributed by atoms with E-state index in [1.54, 1.807) is 13.3 Å². The van der Waals surface area contributed by atoms with Gasteiger partial charge in [0.1, 0.15) is 0 Å². The first kappa shape index (κ1) is 13.5. The molecule has 108 valence electrons. The van der Waals surface area contributed by atoms with Crippen molar-refractivity contribution in [2.75, 3.05) is 13.7 Å². The summed E-state index contributed by atoms with van der Waals surface area (Å²) < 4.78 is 5.32. The van der Waals surface area contributed by atoms with Crippen LogP contribution in [0.4, 0.5) is 0 Å². The van der Waals surface area contributed by atoms with Gasteiger partial charge in [-0.05, 0) is 30.9 Å².